The lowest BCUT2D eigenvalue weighted by Gasteiger charge is -2.35. The maximum atomic E-state index is 13.1. The molecule has 8 nitrogen and oxygen atoms in total. The van der Waals surface area contributed by atoms with E-state index in [9.17, 15) is 14.4 Å². The molecule has 0 saturated carbocycles. The molecule has 4 atom stereocenters. The molecule has 33 heavy (non-hydrogen) atoms. The van der Waals surface area contributed by atoms with E-state index >= 15 is 0 Å². The van der Waals surface area contributed by atoms with Gasteiger partial charge in [0.15, 0.2) is 0 Å². The van der Waals surface area contributed by atoms with Gasteiger partial charge < -0.3 is 24.8 Å². The molecule has 0 unspecified atom stereocenters. The molecule has 0 radical (unpaired) electrons. The van der Waals surface area contributed by atoms with Crippen LogP contribution < -0.4 is 5.32 Å². The summed E-state index contributed by atoms with van der Waals surface area (Å²) in [6.07, 6.45) is 3.54. The average Bonchev–Trinajstić information content (AvgIpc) is 3.21. The summed E-state index contributed by atoms with van der Waals surface area (Å²) < 4.78 is 11.2. The van der Waals surface area contributed by atoms with E-state index in [0.717, 1.165) is 18.1 Å². The highest BCUT2D eigenvalue weighted by molar-refractivity contribution is 5.81. The van der Waals surface area contributed by atoms with Crippen LogP contribution in [0.2, 0.25) is 0 Å². The minimum atomic E-state index is -1.08. The predicted molar refractivity (Wildman–Crippen MR) is 125 cm³/mol. The van der Waals surface area contributed by atoms with Crippen LogP contribution in [0.25, 0.3) is 0 Å². The number of hydrogen-bond acceptors (Lipinski definition) is 5. The number of methoxy groups -OCH3 is 1. The van der Waals surface area contributed by atoms with Gasteiger partial charge in [-0.1, -0.05) is 43.3 Å². The molecule has 1 fully saturated rings. The number of rotatable bonds is 9. The van der Waals surface area contributed by atoms with Crippen molar-refractivity contribution in [2.45, 2.75) is 70.7 Å². The number of carbonyl (C=O) groups excluding carboxylic acids is 2. The van der Waals surface area contributed by atoms with Crippen LogP contribution in [0.4, 0.5) is 4.79 Å². The summed E-state index contributed by atoms with van der Waals surface area (Å²) in [5.41, 5.74) is 0.359. The molecule has 1 aliphatic rings. The summed E-state index contributed by atoms with van der Waals surface area (Å²) >= 11 is 0. The minimum absolute atomic E-state index is 0.270. The van der Waals surface area contributed by atoms with Crippen molar-refractivity contribution in [3.63, 3.8) is 0 Å². The van der Waals surface area contributed by atoms with Crippen LogP contribution in [0, 0.1) is 5.92 Å². The quantitative estimate of drug-likeness (QED) is 0.547. The summed E-state index contributed by atoms with van der Waals surface area (Å²) in [5, 5.41) is 12.0. The molecular formula is C25H36N2O6. The van der Waals surface area contributed by atoms with E-state index in [-0.39, 0.29) is 11.9 Å². The van der Waals surface area contributed by atoms with Crippen LogP contribution in [-0.4, -0.2) is 65.4 Å². The fourth-order valence-electron chi connectivity index (χ4n) is 4.07. The standard InChI is InChI=1S/C25H36N2O6/c1-17(22(32-5)20-12-9-15-27(20)24(31)33-25(2,3)4)23(30)26-19(13-14-21(28)29)16-18-10-7-6-8-11-18/h6-8,10-11,13-14,17,19-20,22H,9,12,15-16H2,1-5H3,(H,26,30)(H,28,29)/b14-13-/t17-,19-,20+,22-/m1/s1. The van der Waals surface area contributed by atoms with Crippen LogP contribution in [-0.2, 0) is 25.5 Å². The number of carboxylic acid groups (broad SMARTS) is 1. The van der Waals surface area contributed by atoms with Gasteiger partial charge in [-0.05, 0) is 45.6 Å². The number of aliphatic carboxylic acids is 1. The fraction of sp³-hybridized carbons (Fsp3) is 0.560. The molecule has 1 heterocycles. The van der Waals surface area contributed by atoms with Crippen molar-refractivity contribution < 1.29 is 29.0 Å². The van der Waals surface area contributed by atoms with Gasteiger partial charge in [0.2, 0.25) is 5.91 Å². The van der Waals surface area contributed by atoms with Crippen LogP contribution >= 0.6 is 0 Å². The van der Waals surface area contributed by atoms with Crippen molar-refractivity contribution in [3.8, 4) is 0 Å². The zero-order chi connectivity index (χ0) is 24.6. The van der Waals surface area contributed by atoms with Gasteiger partial charge in [0.25, 0.3) is 0 Å². The van der Waals surface area contributed by atoms with Crippen molar-refractivity contribution >= 4 is 18.0 Å². The fourth-order valence-corrected chi connectivity index (χ4v) is 4.07. The topological polar surface area (TPSA) is 105 Å². The number of carboxylic acids is 1. The molecule has 2 N–H and O–H groups in total. The second-order valence-electron chi connectivity index (χ2n) is 9.37. The van der Waals surface area contributed by atoms with Gasteiger partial charge in [0.05, 0.1) is 24.1 Å². The summed E-state index contributed by atoms with van der Waals surface area (Å²) in [6.45, 7) is 7.76. The van der Waals surface area contributed by atoms with Crippen molar-refractivity contribution in [2.24, 2.45) is 5.92 Å². The van der Waals surface area contributed by atoms with E-state index < -0.39 is 35.7 Å². The molecule has 0 spiro atoms. The van der Waals surface area contributed by atoms with E-state index in [1.807, 2.05) is 51.1 Å². The first-order valence-electron chi connectivity index (χ1n) is 11.3. The number of carbonyl (C=O) groups is 3. The van der Waals surface area contributed by atoms with Crippen molar-refractivity contribution in [3.05, 3.63) is 48.0 Å². The number of nitrogens with zero attached hydrogens (tertiary/aromatic N) is 1. The normalized spacial score (nSPS) is 19.2. The SMILES string of the molecule is CO[C@H]([C@@H](C)C(=O)N[C@H](/C=C\C(=O)O)Cc1ccccc1)[C@@H]1CCCN1C(=O)OC(C)(C)C. The van der Waals surface area contributed by atoms with Gasteiger partial charge >= 0.3 is 12.1 Å². The number of benzene rings is 1. The Labute approximate surface area is 195 Å². The Kier molecular flexibility index (Phi) is 9.46. The van der Waals surface area contributed by atoms with Crippen molar-refractivity contribution in [1.29, 1.82) is 0 Å². The van der Waals surface area contributed by atoms with Gasteiger partial charge in [-0.2, -0.15) is 0 Å². The third-order valence-electron chi connectivity index (χ3n) is 5.58. The molecule has 1 aromatic carbocycles. The Hall–Kier alpha value is -2.87. The lowest BCUT2D eigenvalue weighted by Crippen LogP contribution is -2.51. The predicted octanol–water partition coefficient (Wildman–Crippen LogP) is 3.41. The second-order valence-corrected chi connectivity index (χ2v) is 9.37. The summed E-state index contributed by atoms with van der Waals surface area (Å²) in [6, 6.07) is 8.74. The minimum Gasteiger partial charge on any atom is -0.478 e. The van der Waals surface area contributed by atoms with Crippen LogP contribution in [0.3, 0.4) is 0 Å². The largest absolute Gasteiger partial charge is 0.478 e. The second kappa shape index (κ2) is 11.8. The highest BCUT2D eigenvalue weighted by Crippen LogP contribution is 2.28. The van der Waals surface area contributed by atoms with Gasteiger partial charge in [-0.3, -0.25) is 4.79 Å². The Balaban J connectivity index is 2.12. The molecule has 182 valence electrons. The molecule has 1 aliphatic heterocycles. The summed E-state index contributed by atoms with van der Waals surface area (Å²) in [5.74, 6) is -1.92. The lowest BCUT2D eigenvalue weighted by molar-refractivity contribution is -0.132. The van der Waals surface area contributed by atoms with E-state index in [4.69, 9.17) is 14.6 Å². The lowest BCUT2D eigenvalue weighted by atomic mass is 9.94. The van der Waals surface area contributed by atoms with E-state index in [0.29, 0.717) is 19.4 Å². The molecule has 1 saturated heterocycles. The highest BCUT2D eigenvalue weighted by atomic mass is 16.6. The van der Waals surface area contributed by atoms with Gasteiger partial charge in [0.1, 0.15) is 5.60 Å². The van der Waals surface area contributed by atoms with E-state index in [2.05, 4.69) is 5.32 Å². The van der Waals surface area contributed by atoms with Gasteiger partial charge in [-0.15, -0.1) is 0 Å². The van der Waals surface area contributed by atoms with Gasteiger partial charge in [-0.25, -0.2) is 9.59 Å². The third kappa shape index (κ3) is 8.20. The maximum absolute atomic E-state index is 13.1. The van der Waals surface area contributed by atoms with E-state index in [1.54, 1.807) is 11.8 Å². The number of hydrogen-bond donors (Lipinski definition) is 2. The number of amides is 2. The Bertz CT molecular complexity index is 833. The Morgan fingerprint density at radius 3 is 2.48 bits per heavy atom. The van der Waals surface area contributed by atoms with Crippen molar-refractivity contribution in [2.75, 3.05) is 13.7 Å². The molecule has 0 bridgehead atoms. The average molecular weight is 461 g/mol. The van der Waals surface area contributed by atoms with Crippen molar-refractivity contribution in [1.82, 2.24) is 10.2 Å². The summed E-state index contributed by atoms with van der Waals surface area (Å²) in [7, 11) is 1.53. The van der Waals surface area contributed by atoms with Gasteiger partial charge in [0, 0.05) is 19.7 Å². The van der Waals surface area contributed by atoms with E-state index in [1.165, 1.54) is 13.2 Å². The smallest absolute Gasteiger partial charge is 0.410 e. The van der Waals surface area contributed by atoms with Crippen LogP contribution in [0.1, 0.15) is 46.1 Å². The maximum Gasteiger partial charge on any atom is 0.410 e. The molecular weight excluding hydrogens is 424 g/mol. The third-order valence-corrected chi connectivity index (χ3v) is 5.58. The first kappa shape index (κ1) is 26.4. The summed E-state index contributed by atoms with van der Waals surface area (Å²) in [4.78, 5) is 38.5. The molecule has 0 aliphatic carbocycles. The zero-order valence-corrected chi connectivity index (χ0v) is 20.1. The number of nitrogens with one attached hydrogen (secondary N) is 1. The highest BCUT2D eigenvalue weighted by Gasteiger charge is 2.41. The van der Waals surface area contributed by atoms with Crippen LogP contribution in [0.15, 0.2) is 42.5 Å². The Morgan fingerprint density at radius 1 is 1.24 bits per heavy atom. The molecule has 8 heteroatoms. The first-order valence-corrected chi connectivity index (χ1v) is 11.3. The van der Waals surface area contributed by atoms with Crippen LogP contribution in [0.5, 0.6) is 0 Å². The number of ether oxygens (including phenoxy) is 2. The molecule has 0 aromatic heterocycles. The number of likely N-dealkylation sites (tertiary alicyclic amines) is 1. The molecule has 2 rings (SSSR count). The molecule has 2 amide bonds. The molecule has 1 aromatic rings. The first-order chi connectivity index (χ1) is 15.5. The zero-order valence-electron chi connectivity index (χ0n) is 20.1. The monoisotopic (exact) mass is 460 g/mol. The Morgan fingerprint density at radius 2 is 1.91 bits per heavy atom.